The predicted molar refractivity (Wildman–Crippen MR) is 80.5 cm³/mol. The van der Waals surface area contributed by atoms with Gasteiger partial charge in [-0.15, -0.1) is 0 Å². The van der Waals surface area contributed by atoms with Crippen LogP contribution in [0, 0.1) is 11.3 Å². The van der Waals surface area contributed by atoms with Crippen molar-refractivity contribution in [3.8, 4) is 0 Å². The maximum absolute atomic E-state index is 12.3. The first-order valence-corrected chi connectivity index (χ1v) is 8.98. The molecular formula is C14H24N2O4S. The second-order valence-electron chi connectivity index (χ2n) is 6.36. The van der Waals surface area contributed by atoms with Crippen molar-refractivity contribution in [3.05, 3.63) is 0 Å². The molecule has 0 radical (unpaired) electrons. The van der Waals surface area contributed by atoms with Crippen LogP contribution in [0.4, 0.5) is 4.79 Å². The Morgan fingerprint density at radius 1 is 1.33 bits per heavy atom. The Morgan fingerprint density at radius 3 is 2.43 bits per heavy atom. The number of carbonyl (C=O) groups excluding carboxylic acids is 1. The summed E-state index contributed by atoms with van der Waals surface area (Å²) in [5, 5.41) is 12.4. The lowest BCUT2D eigenvalue weighted by Gasteiger charge is -2.30. The molecule has 2 heterocycles. The lowest BCUT2D eigenvalue weighted by Crippen LogP contribution is -2.48. The summed E-state index contributed by atoms with van der Waals surface area (Å²) >= 11 is 0. The highest BCUT2D eigenvalue weighted by Gasteiger charge is 2.48. The molecule has 2 aliphatic rings. The van der Waals surface area contributed by atoms with Crippen LogP contribution in [-0.2, 0) is 15.6 Å². The van der Waals surface area contributed by atoms with E-state index in [0.717, 1.165) is 12.8 Å². The first-order valence-electron chi connectivity index (χ1n) is 7.49. The number of hydrogen-bond acceptors (Lipinski definition) is 3. The Morgan fingerprint density at radius 2 is 1.95 bits per heavy atom. The second kappa shape index (κ2) is 6.34. The molecule has 0 spiro atoms. The zero-order valence-corrected chi connectivity index (χ0v) is 13.4. The van der Waals surface area contributed by atoms with E-state index in [4.69, 9.17) is 0 Å². The standard InChI is InChI=1S/C14H24N2O4S/c1-10(2)14(12(17)18)5-6-16(9-14)13(19)15-11-3-7-21(20)8-4-11/h10-11H,3-9H2,1-2H3,(H,15,19)(H,17,18). The summed E-state index contributed by atoms with van der Waals surface area (Å²) in [5.41, 5.74) is -0.828. The van der Waals surface area contributed by atoms with Crippen LogP contribution in [0.25, 0.3) is 0 Å². The molecule has 7 heteroatoms. The van der Waals surface area contributed by atoms with Gasteiger partial charge in [0.1, 0.15) is 0 Å². The number of aliphatic carboxylic acids is 1. The van der Waals surface area contributed by atoms with Crippen molar-refractivity contribution in [2.24, 2.45) is 11.3 Å². The van der Waals surface area contributed by atoms with Gasteiger partial charge in [0, 0.05) is 41.4 Å². The fourth-order valence-electron chi connectivity index (χ4n) is 3.10. The molecule has 2 N–H and O–H groups in total. The molecule has 2 saturated heterocycles. The molecule has 0 aromatic heterocycles. The number of carbonyl (C=O) groups is 2. The average molecular weight is 316 g/mol. The van der Waals surface area contributed by atoms with E-state index in [1.165, 1.54) is 0 Å². The highest BCUT2D eigenvalue weighted by molar-refractivity contribution is 7.85. The average Bonchev–Trinajstić information content (AvgIpc) is 2.88. The Hall–Kier alpha value is -1.11. The van der Waals surface area contributed by atoms with Crippen molar-refractivity contribution >= 4 is 22.8 Å². The van der Waals surface area contributed by atoms with Crippen LogP contribution in [-0.4, -0.2) is 56.9 Å². The molecule has 0 aliphatic carbocycles. The van der Waals surface area contributed by atoms with Crippen molar-refractivity contribution < 1.29 is 18.9 Å². The molecule has 2 amide bonds. The lowest BCUT2D eigenvalue weighted by molar-refractivity contribution is -0.150. The zero-order chi connectivity index (χ0) is 15.6. The number of carboxylic acids is 1. The zero-order valence-electron chi connectivity index (χ0n) is 12.6. The monoisotopic (exact) mass is 316 g/mol. The maximum Gasteiger partial charge on any atom is 0.317 e. The minimum Gasteiger partial charge on any atom is -0.481 e. The third-order valence-electron chi connectivity index (χ3n) is 4.83. The van der Waals surface area contributed by atoms with Gasteiger partial charge >= 0.3 is 12.0 Å². The molecule has 6 nitrogen and oxygen atoms in total. The van der Waals surface area contributed by atoms with Crippen LogP contribution in [0.3, 0.4) is 0 Å². The number of rotatable bonds is 3. The molecule has 0 saturated carbocycles. The molecule has 2 aliphatic heterocycles. The van der Waals surface area contributed by atoms with Crippen LogP contribution >= 0.6 is 0 Å². The van der Waals surface area contributed by atoms with E-state index in [9.17, 15) is 18.9 Å². The Labute approximate surface area is 127 Å². The fraction of sp³-hybridized carbons (Fsp3) is 0.857. The number of amides is 2. The normalized spacial score (nSPS) is 33.2. The Bertz CT molecular complexity index is 444. The molecule has 120 valence electrons. The van der Waals surface area contributed by atoms with E-state index in [2.05, 4.69) is 5.32 Å². The quantitative estimate of drug-likeness (QED) is 0.814. The van der Waals surface area contributed by atoms with Crippen LogP contribution < -0.4 is 5.32 Å². The number of nitrogens with one attached hydrogen (secondary N) is 1. The summed E-state index contributed by atoms with van der Waals surface area (Å²) in [6, 6.07) is -0.120. The third-order valence-corrected chi connectivity index (χ3v) is 6.22. The molecule has 21 heavy (non-hydrogen) atoms. The molecule has 1 unspecified atom stereocenters. The minimum atomic E-state index is -0.828. The van der Waals surface area contributed by atoms with Gasteiger partial charge in [-0.25, -0.2) is 4.79 Å². The number of nitrogens with zero attached hydrogens (tertiary/aromatic N) is 1. The van der Waals surface area contributed by atoms with E-state index in [0.29, 0.717) is 24.5 Å². The predicted octanol–water partition coefficient (Wildman–Crippen LogP) is 1.04. The van der Waals surface area contributed by atoms with Gasteiger partial charge in [0.2, 0.25) is 0 Å². The van der Waals surface area contributed by atoms with E-state index in [1.54, 1.807) is 4.90 Å². The highest BCUT2D eigenvalue weighted by atomic mass is 32.2. The maximum atomic E-state index is 12.3. The van der Waals surface area contributed by atoms with Crippen molar-refractivity contribution in [2.75, 3.05) is 24.6 Å². The molecular weight excluding hydrogens is 292 g/mol. The van der Waals surface area contributed by atoms with Crippen molar-refractivity contribution in [1.29, 1.82) is 0 Å². The number of urea groups is 1. The summed E-state index contributed by atoms with van der Waals surface area (Å²) in [4.78, 5) is 25.5. The van der Waals surface area contributed by atoms with Crippen LogP contribution in [0.15, 0.2) is 0 Å². The van der Waals surface area contributed by atoms with Gasteiger partial charge in [-0.05, 0) is 25.2 Å². The fourth-order valence-corrected chi connectivity index (χ4v) is 4.40. The summed E-state index contributed by atoms with van der Waals surface area (Å²) in [6.45, 7) is 4.54. The van der Waals surface area contributed by atoms with Gasteiger partial charge in [0.05, 0.1) is 5.41 Å². The van der Waals surface area contributed by atoms with Crippen LogP contribution in [0.5, 0.6) is 0 Å². The van der Waals surface area contributed by atoms with Gasteiger partial charge in [0.15, 0.2) is 0 Å². The van der Waals surface area contributed by atoms with Gasteiger partial charge in [-0.3, -0.25) is 9.00 Å². The SMILES string of the molecule is CC(C)C1(C(=O)O)CCN(C(=O)NC2CCS(=O)CC2)C1. The second-order valence-corrected chi connectivity index (χ2v) is 8.06. The first-order chi connectivity index (χ1) is 9.85. The van der Waals surface area contributed by atoms with Gasteiger partial charge in [-0.1, -0.05) is 13.8 Å². The smallest absolute Gasteiger partial charge is 0.317 e. The number of likely N-dealkylation sites (tertiary alicyclic amines) is 1. The van der Waals surface area contributed by atoms with Gasteiger partial charge < -0.3 is 15.3 Å². The van der Waals surface area contributed by atoms with Gasteiger partial charge in [-0.2, -0.15) is 0 Å². The summed E-state index contributed by atoms with van der Waals surface area (Å²) in [5.74, 6) is 0.442. The minimum absolute atomic E-state index is 0.00935. The number of hydrogen-bond donors (Lipinski definition) is 2. The summed E-state index contributed by atoms with van der Waals surface area (Å²) in [7, 11) is -0.745. The van der Waals surface area contributed by atoms with E-state index in [1.807, 2.05) is 13.8 Å². The molecule has 2 fully saturated rings. The summed E-state index contributed by atoms with van der Waals surface area (Å²) in [6.07, 6.45) is 1.98. The number of carboxylic acid groups (broad SMARTS) is 1. The topological polar surface area (TPSA) is 86.7 Å². The van der Waals surface area contributed by atoms with E-state index >= 15 is 0 Å². The van der Waals surface area contributed by atoms with Crippen molar-refractivity contribution in [3.63, 3.8) is 0 Å². The Kier molecular flexibility index (Phi) is 4.91. The van der Waals surface area contributed by atoms with Gasteiger partial charge in [0.25, 0.3) is 0 Å². The molecule has 0 aromatic carbocycles. The first kappa shape index (κ1) is 16.3. The third kappa shape index (κ3) is 3.39. The van der Waals surface area contributed by atoms with Crippen molar-refractivity contribution in [1.82, 2.24) is 10.2 Å². The molecule has 2 rings (SSSR count). The largest absolute Gasteiger partial charge is 0.481 e. The molecule has 0 bridgehead atoms. The Balaban J connectivity index is 1.93. The van der Waals surface area contributed by atoms with Crippen molar-refractivity contribution in [2.45, 2.75) is 39.2 Å². The highest BCUT2D eigenvalue weighted by Crippen LogP contribution is 2.38. The lowest BCUT2D eigenvalue weighted by atomic mass is 9.76. The van der Waals surface area contributed by atoms with Crippen LogP contribution in [0.1, 0.15) is 33.1 Å². The molecule has 1 atom stereocenters. The van der Waals surface area contributed by atoms with E-state index in [-0.39, 0.29) is 24.5 Å². The summed E-state index contributed by atoms with van der Waals surface area (Å²) < 4.78 is 11.3. The van der Waals surface area contributed by atoms with Crippen LogP contribution in [0.2, 0.25) is 0 Å². The van der Waals surface area contributed by atoms with E-state index < -0.39 is 22.2 Å². The molecule has 0 aromatic rings.